The summed E-state index contributed by atoms with van der Waals surface area (Å²) >= 11 is 0. The highest BCUT2D eigenvalue weighted by Gasteiger charge is 2.19. The third-order valence-electron chi connectivity index (χ3n) is 8.50. The van der Waals surface area contributed by atoms with E-state index in [-0.39, 0.29) is 38.3 Å². The van der Waals surface area contributed by atoms with Crippen molar-refractivity contribution in [2.75, 3.05) is 52.5 Å². The minimum absolute atomic E-state index is 0.0340. The van der Waals surface area contributed by atoms with Crippen molar-refractivity contribution in [3.8, 4) is 0 Å². The molecule has 2 N–H and O–H groups in total. The molecule has 12 heteroatoms. The van der Waals surface area contributed by atoms with E-state index in [0.29, 0.717) is 58.2 Å². The minimum atomic E-state index is -0.866. The highest BCUT2D eigenvalue weighted by Crippen LogP contribution is 2.17. The number of likely N-dealkylation sites (N-methyl/N-ethyl adjacent to an activating group) is 1. The average molecular weight is 689 g/mol. The van der Waals surface area contributed by atoms with E-state index < -0.39 is 24.2 Å². The van der Waals surface area contributed by atoms with Crippen LogP contribution in [0.2, 0.25) is 0 Å². The molecule has 0 aromatic heterocycles. The molecule has 0 bridgehead atoms. The van der Waals surface area contributed by atoms with Gasteiger partial charge in [-0.2, -0.15) is 0 Å². The second kappa shape index (κ2) is 31.7. The molecule has 2 atom stereocenters. The van der Waals surface area contributed by atoms with Gasteiger partial charge < -0.3 is 34.1 Å². The Morgan fingerprint density at radius 3 is 1.25 bits per heavy atom. The van der Waals surface area contributed by atoms with Crippen molar-refractivity contribution >= 4 is 24.2 Å². The lowest BCUT2D eigenvalue weighted by Crippen LogP contribution is -2.39. The second-order valence-electron chi connectivity index (χ2n) is 12.5. The van der Waals surface area contributed by atoms with Gasteiger partial charge >= 0.3 is 24.2 Å². The first-order chi connectivity index (χ1) is 23.1. The van der Waals surface area contributed by atoms with Crippen LogP contribution >= 0.6 is 0 Å². The maximum Gasteiger partial charge on any atom is 0.508 e. The van der Waals surface area contributed by atoms with Gasteiger partial charge in [0.2, 0.25) is 0 Å². The Bertz CT molecular complexity index is 767. The van der Waals surface area contributed by atoms with Crippen LogP contribution in [0.4, 0.5) is 9.59 Å². The van der Waals surface area contributed by atoms with Gasteiger partial charge in [0.15, 0.2) is 0 Å². The summed E-state index contributed by atoms with van der Waals surface area (Å²) in [6, 6.07) is 0. The molecular weight excluding hydrogens is 620 g/mol. The van der Waals surface area contributed by atoms with Gasteiger partial charge in [0, 0.05) is 39.0 Å². The van der Waals surface area contributed by atoms with E-state index in [2.05, 4.69) is 37.5 Å². The van der Waals surface area contributed by atoms with Gasteiger partial charge in [-0.3, -0.25) is 14.5 Å². The zero-order chi connectivity index (χ0) is 35.8. The Morgan fingerprint density at radius 2 is 0.875 bits per heavy atom. The molecule has 0 aliphatic rings. The van der Waals surface area contributed by atoms with Crippen molar-refractivity contribution in [3.05, 3.63) is 0 Å². The lowest BCUT2D eigenvalue weighted by molar-refractivity contribution is -0.138. The van der Waals surface area contributed by atoms with E-state index in [9.17, 15) is 19.2 Å². The normalized spacial score (nSPS) is 12.5. The number of ether oxygens (including phenoxy) is 4. The number of hydrogen-bond acceptors (Lipinski definition) is 10. The Labute approximate surface area is 290 Å². The van der Waals surface area contributed by atoms with E-state index in [1.54, 1.807) is 0 Å². The number of carbonyl (C=O) groups excluding carboxylic acids is 2. The molecular formula is C36H68N2O10. The number of rotatable bonds is 33. The number of hydrogen-bond donors (Lipinski definition) is 2. The molecule has 0 spiro atoms. The summed E-state index contributed by atoms with van der Waals surface area (Å²) < 4.78 is 22.0. The number of unbranched alkanes of at least 4 members (excludes halogenated alkanes) is 8. The molecule has 48 heavy (non-hydrogen) atoms. The third-order valence-corrected chi connectivity index (χ3v) is 8.50. The van der Waals surface area contributed by atoms with Gasteiger partial charge in [0.05, 0.1) is 0 Å². The average Bonchev–Trinajstić information content (AvgIpc) is 3.04. The predicted octanol–water partition coefficient (Wildman–Crippen LogP) is 7.90. The van der Waals surface area contributed by atoms with Crippen molar-refractivity contribution in [2.24, 2.45) is 0 Å². The molecule has 0 saturated heterocycles. The van der Waals surface area contributed by atoms with E-state index in [0.717, 1.165) is 83.8 Å². The number of nitrogens with zero attached hydrogens (tertiary/aromatic N) is 2. The first kappa shape index (κ1) is 45.4. The molecule has 282 valence electrons. The smallest absolute Gasteiger partial charge is 0.481 e. The fourth-order valence-corrected chi connectivity index (χ4v) is 5.45. The topological polar surface area (TPSA) is 152 Å². The highest BCUT2D eigenvalue weighted by atomic mass is 16.7. The molecule has 0 aromatic rings. The van der Waals surface area contributed by atoms with E-state index in [1.165, 1.54) is 0 Å². The minimum Gasteiger partial charge on any atom is -0.481 e. The van der Waals surface area contributed by atoms with Crippen LogP contribution < -0.4 is 0 Å². The molecule has 0 amide bonds. The van der Waals surface area contributed by atoms with Crippen LogP contribution in [0.25, 0.3) is 0 Å². The number of carboxylic acids is 2. The van der Waals surface area contributed by atoms with E-state index in [4.69, 9.17) is 29.2 Å². The quantitative estimate of drug-likeness (QED) is 0.0509. The Balaban J connectivity index is 4.95. The summed E-state index contributed by atoms with van der Waals surface area (Å²) in [5, 5.41) is 18.0. The summed E-state index contributed by atoms with van der Waals surface area (Å²) in [6.07, 6.45) is 11.8. The lowest BCUT2D eigenvalue weighted by atomic mass is 10.0. The van der Waals surface area contributed by atoms with Gasteiger partial charge in [-0.05, 0) is 64.5 Å². The summed E-state index contributed by atoms with van der Waals surface area (Å²) in [7, 11) is 0. The van der Waals surface area contributed by atoms with Crippen molar-refractivity contribution in [2.45, 2.75) is 155 Å². The van der Waals surface area contributed by atoms with E-state index >= 15 is 0 Å². The number of carbonyl (C=O) groups is 4. The van der Waals surface area contributed by atoms with Gasteiger partial charge in [-0.25, -0.2) is 9.59 Å². The van der Waals surface area contributed by atoms with Crippen LogP contribution in [0.15, 0.2) is 0 Å². The highest BCUT2D eigenvalue weighted by molar-refractivity contribution is 5.67. The van der Waals surface area contributed by atoms with Gasteiger partial charge in [-0.15, -0.1) is 0 Å². The standard InChI is InChI=1S/C36H68N2O10/c1-5-9-11-13-15-19-31(21-17-23-33(39)40)47-35(43)45-29-27-38(26-25-37(7-3)8-4)28-30-46-36(44)48-32(22-18-24-34(41)42)20-16-14-12-10-6-2/h31-32H,5-30H2,1-4H3,(H,39,40)(H,41,42). The molecule has 2 unspecified atom stereocenters. The van der Waals surface area contributed by atoms with Crippen LogP contribution in [0.5, 0.6) is 0 Å². The zero-order valence-corrected chi connectivity index (χ0v) is 30.6. The second-order valence-corrected chi connectivity index (χ2v) is 12.5. The molecule has 0 aliphatic heterocycles. The van der Waals surface area contributed by atoms with Crippen LogP contribution in [-0.4, -0.2) is 109 Å². The first-order valence-corrected chi connectivity index (χ1v) is 18.7. The summed E-state index contributed by atoms with van der Waals surface area (Å²) in [5.74, 6) is -1.73. The van der Waals surface area contributed by atoms with Crippen molar-refractivity contribution < 1.29 is 48.3 Å². The number of carboxylic acid groups (broad SMARTS) is 2. The molecule has 12 nitrogen and oxygen atoms in total. The molecule has 0 rings (SSSR count). The van der Waals surface area contributed by atoms with Gasteiger partial charge in [-0.1, -0.05) is 79.1 Å². The fourth-order valence-electron chi connectivity index (χ4n) is 5.45. The third kappa shape index (κ3) is 28.4. The fraction of sp³-hybridized carbons (Fsp3) is 0.889. The molecule has 0 heterocycles. The molecule has 0 radical (unpaired) electrons. The maximum absolute atomic E-state index is 12.6. The van der Waals surface area contributed by atoms with Crippen LogP contribution in [-0.2, 0) is 28.5 Å². The van der Waals surface area contributed by atoms with Crippen LogP contribution in [0.3, 0.4) is 0 Å². The van der Waals surface area contributed by atoms with Gasteiger partial charge in [0.1, 0.15) is 25.4 Å². The Kier molecular flexibility index (Phi) is 29.9. The largest absolute Gasteiger partial charge is 0.508 e. The van der Waals surface area contributed by atoms with Crippen LogP contribution in [0.1, 0.15) is 143 Å². The first-order valence-electron chi connectivity index (χ1n) is 18.7. The van der Waals surface area contributed by atoms with Crippen molar-refractivity contribution in [1.82, 2.24) is 9.80 Å². The molecule has 0 saturated carbocycles. The van der Waals surface area contributed by atoms with Crippen molar-refractivity contribution in [1.29, 1.82) is 0 Å². The summed E-state index contributed by atoms with van der Waals surface area (Å²) in [5.41, 5.74) is 0. The zero-order valence-electron chi connectivity index (χ0n) is 30.6. The SMILES string of the molecule is CCCCCCCC(CCCC(=O)O)OC(=O)OCCN(CCOC(=O)OC(CCCCCCC)CCCC(=O)O)CCN(CC)CC. The molecule has 0 aliphatic carbocycles. The molecule has 0 aromatic carbocycles. The van der Waals surface area contributed by atoms with Crippen LogP contribution in [0, 0.1) is 0 Å². The monoisotopic (exact) mass is 688 g/mol. The van der Waals surface area contributed by atoms with Gasteiger partial charge in [0.25, 0.3) is 0 Å². The van der Waals surface area contributed by atoms with E-state index in [1.807, 2.05) is 0 Å². The lowest BCUT2D eigenvalue weighted by Gasteiger charge is -2.26. The molecule has 0 fully saturated rings. The Morgan fingerprint density at radius 1 is 0.500 bits per heavy atom. The summed E-state index contributed by atoms with van der Waals surface area (Å²) in [6.45, 7) is 12.8. The summed E-state index contributed by atoms with van der Waals surface area (Å²) in [4.78, 5) is 51.4. The van der Waals surface area contributed by atoms with Crippen molar-refractivity contribution in [3.63, 3.8) is 0 Å². The number of aliphatic carboxylic acids is 2. The predicted molar refractivity (Wildman–Crippen MR) is 186 cm³/mol. The maximum atomic E-state index is 12.6. The Hall–Kier alpha value is -2.60.